The molecule has 0 aromatic heterocycles. The van der Waals surface area contributed by atoms with Crippen molar-refractivity contribution >= 4 is 5.96 Å². The molecule has 1 aliphatic carbocycles. The van der Waals surface area contributed by atoms with Crippen molar-refractivity contribution in [1.29, 1.82) is 0 Å². The van der Waals surface area contributed by atoms with E-state index in [1.807, 2.05) is 0 Å². The molecular formula is C17H34N4O. The summed E-state index contributed by atoms with van der Waals surface area (Å²) in [7, 11) is 0. The maximum Gasteiger partial charge on any atom is 0.191 e. The van der Waals surface area contributed by atoms with Gasteiger partial charge in [0.1, 0.15) is 0 Å². The zero-order valence-corrected chi connectivity index (χ0v) is 14.4. The fourth-order valence-electron chi connectivity index (χ4n) is 3.54. The first-order valence-electron chi connectivity index (χ1n) is 9.16. The zero-order valence-electron chi connectivity index (χ0n) is 14.4. The normalized spacial score (nSPS) is 30.5. The second-order valence-electron chi connectivity index (χ2n) is 6.82. The molecule has 1 unspecified atom stereocenters. The highest BCUT2D eigenvalue weighted by molar-refractivity contribution is 5.80. The maximum absolute atomic E-state index is 9.60. The lowest BCUT2D eigenvalue weighted by Crippen LogP contribution is -2.45. The van der Waals surface area contributed by atoms with E-state index in [0.29, 0.717) is 12.0 Å². The molecule has 5 heteroatoms. The van der Waals surface area contributed by atoms with E-state index in [1.165, 1.54) is 32.5 Å². The summed E-state index contributed by atoms with van der Waals surface area (Å²) in [6, 6.07) is 0.460. The van der Waals surface area contributed by atoms with Crippen LogP contribution in [-0.4, -0.2) is 60.8 Å². The summed E-state index contributed by atoms with van der Waals surface area (Å²) >= 11 is 0. The van der Waals surface area contributed by atoms with Crippen LogP contribution in [-0.2, 0) is 0 Å². The Morgan fingerprint density at radius 2 is 1.95 bits per heavy atom. The van der Waals surface area contributed by atoms with Crippen LogP contribution < -0.4 is 10.6 Å². The third kappa shape index (κ3) is 5.76. The first-order chi connectivity index (χ1) is 10.7. The van der Waals surface area contributed by atoms with Crippen molar-refractivity contribution in [1.82, 2.24) is 15.5 Å². The van der Waals surface area contributed by atoms with Crippen molar-refractivity contribution in [3.8, 4) is 0 Å². The first-order valence-corrected chi connectivity index (χ1v) is 9.16. The van der Waals surface area contributed by atoms with Gasteiger partial charge in [-0.2, -0.15) is 0 Å². The van der Waals surface area contributed by atoms with Gasteiger partial charge in [-0.1, -0.05) is 6.92 Å². The number of nitrogens with zero attached hydrogens (tertiary/aromatic N) is 2. The molecule has 0 spiro atoms. The van der Waals surface area contributed by atoms with Crippen molar-refractivity contribution < 1.29 is 5.11 Å². The number of aliphatic hydroxyl groups excluding tert-OH is 1. The molecule has 128 valence electrons. The van der Waals surface area contributed by atoms with E-state index >= 15 is 0 Å². The van der Waals surface area contributed by atoms with Gasteiger partial charge in [0.05, 0.1) is 6.10 Å². The molecule has 22 heavy (non-hydrogen) atoms. The number of likely N-dealkylation sites (tertiary alicyclic amines) is 1. The summed E-state index contributed by atoms with van der Waals surface area (Å²) < 4.78 is 0. The number of rotatable bonds is 6. The van der Waals surface area contributed by atoms with Crippen LogP contribution in [0, 0.1) is 5.92 Å². The average molecular weight is 310 g/mol. The van der Waals surface area contributed by atoms with Crippen LogP contribution in [0.1, 0.15) is 52.4 Å². The van der Waals surface area contributed by atoms with Crippen LogP contribution in [0.25, 0.3) is 0 Å². The van der Waals surface area contributed by atoms with Crippen LogP contribution >= 0.6 is 0 Å². The summed E-state index contributed by atoms with van der Waals surface area (Å²) in [6.07, 6.45) is 6.32. The Bertz CT molecular complexity index is 340. The first kappa shape index (κ1) is 17.5. The van der Waals surface area contributed by atoms with Crippen molar-refractivity contribution in [3.63, 3.8) is 0 Å². The molecule has 1 saturated heterocycles. The minimum atomic E-state index is -0.0967. The predicted octanol–water partition coefficient (Wildman–Crippen LogP) is 1.58. The second kappa shape index (κ2) is 9.36. The van der Waals surface area contributed by atoms with Gasteiger partial charge in [-0.05, 0) is 64.5 Å². The molecule has 5 nitrogen and oxygen atoms in total. The molecule has 2 rings (SSSR count). The highest BCUT2D eigenvalue weighted by Crippen LogP contribution is 2.19. The van der Waals surface area contributed by atoms with Crippen LogP contribution in [0.5, 0.6) is 0 Å². The Morgan fingerprint density at radius 3 is 2.64 bits per heavy atom. The molecule has 0 aromatic rings. The van der Waals surface area contributed by atoms with E-state index in [-0.39, 0.29) is 6.10 Å². The van der Waals surface area contributed by atoms with E-state index in [0.717, 1.165) is 44.7 Å². The number of aliphatic imine (C=N–C) groups is 1. The fourth-order valence-corrected chi connectivity index (χ4v) is 3.54. The fraction of sp³-hybridized carbons (Fsp3) is 0.941. The smallest absolute Gasteiger partial charge is 0.191 e. The van der Waals surface area contributed by atoms with Gasteiger partial charge in [0.25, 0.3) is 0 Å². The minimum absolute atomic E-state index is 0.0967. The van der Waals surface area contributed by atoms with E-state index in [1.54, 1.807) is 0 Å². The van der Waals surface area contributed by atoms with Crippen molar-refractivity contribution in [2.24, 2.45) is 10.9 Å². The molecule has 2 aliphatic rings. The van der Waals surface area contributed by atoms with Gasteiger partial charge in [-0.15, -0.1) is 0 Å². The van der Waals surface area contributed by atoms with E-state index in [2.05, 4.69) is 29.4 Å². The molecule has 0 amide bonds. The van der Waals surface area contributed by atoms with Crippen LogP contribution in [0.2, 0.25) is 0 Å². The quantitative estimate of drug-likeness (QED) is 0.515. The van der Waals surface area contributed by atoms with E-state index in [4.69, 9.17) is 4.99 Å². The molecule has 1 atom stereocenters. The monoisotopic (exact) mass is 310 g/mol. The molecule has 2 fully saturated rings. The van der Waals surface area contributed by atoms with Crippen molar-refractivity contribution in [2.75, 3.05) is 32.7 Å². The topological polar surface area (TPSA) is 59.9 Å². The third-order valence-electron chi connectivity index (χ3n) is 4.80. The Morgan fingerprint density at radius 1 is 1.18 bits per heavy atom. The van der Waals surface area contributed by atoms with Crippen LogP contribution in [0.4, 0.5) is 0 Å². The van der Waals surface area contributed by atoms with Gasteiger partial charge in [0.2, 0.25) is 0 Å². The highest BCUT2D eigenvalue weighted by atomic mass is 16.3. The van der Waals surface area contributed by atoms with Gasteiger partial charge in [-0.3, -0.25) is 4.99 Å². The van der Waals surface area contributed by atoms with E-state index < -0.39 is 0 Å². The number of hydrogen-bond acceptors (Lipinski definition) is 3. The van der Waals surface area contributed by atoms with Crippen molar-refractivity contribution in [2.45, 2.75) is 64.5 Å². The van der Waals surface area contributed by atoms with E-state index in [9.17, 15) is 5.11 Å². The summed E-state index contributed by atoms with van der Waals surface area (Å²) in [6.45, 7) is 9.84. The van der Waals surface area contributed by atoms with Crippen LogP contribution in [0.3, 0.4) is 0 Å². The van der Waals surface area contributed by atoms with Gasteiger partial charge >= 0.3 is 0 Å². The Kier molecular flexibility index (Phi) is 7.46. The molecule has 1 aliphatic heterocycles. The average Bonchev–Trinajstić information content (AvgIpc) is 2.95. The third-order valence-corrected chi connectivity index (χ3v) is 4.80. The summed E-state index contributed by atoms with van der Waals surface area (Å²) in [5.41, 5.74) is 0. The number of hydrogen-bond donors (Lipinski definition) is 3. The summed E-state index contributed by atoms with van der Waals surface area (Å²) in [5.74, 6) is 1.66. The number of nitrogens with one attached hydrogen (secondary N) is 2. The molecule has 1 saturated carbocycles. The molecule has 0 aromatic carbocycles. The standard InChI is InChI=1S/C17H34N4O/c1-3-10-21-11-9-14(13-21)12-19-17(18-4-2)20-15-5-7-16(22)8-6-15/h14-16,22H,3-13H2,1-2H3,(H2,18,19,20). The molecule has 3 N–H and O–H groups in total. The largest absolute Gasteiger partial charge is 0.393 e. The van der Waals surface area contributed by atoms with Gasteiger partial charge in [0.15, 0.2) is 5.96 Å². The Hall–Kier alpha value is -0.810. The van der Waals surface area contributed by atoms with Crippen LogP contribution in [0.15, 0.2) is 4.99 Å². The van der Waals surface area contributed by atoms with Gasteiger partial charge in [-0.25, -0.2) is 0 Å². The Labute approximate surface area is 135 Å². The molecular weight excluding hydrogens is 276 g/mol. The molecule has 0 bridgehead atoms. The number of guanidine groups is 1. The highest BCUT2D eigenvalue weighted by Gasteiger charge is 2.22. The summed E-state index contributed by atoms with van der Waals surface area (Å²) in [4.78, 5) is 7.37. The number of aliphatic hydroxyl groups is 1. The maximum atomic E-state index is 9.60. The second-order valence-corrected chi connectivity index (χ2v) is 6.82. The Balaban J connectivity index is 1.77. The lowest BCUT2D eigenvalue weighted by atomic mass is 9.93. The minimum Gasteiger partial charge on any atom is -0.393 e. The van der Waals surface area contributed by atoms with Gasteiger partial charge < -0.3 is 20.6 Å². The zero-order chi connectivity index (χ0) is 15.8. The predicted molar refractivity (Wildman–Crippen MR) is 92.2 cm³/mol. The SMILES string of the molecule is CCCN1CCC(CN=C(NCC)NC2CCC(O)CC2)C1. The molecule has 1 heterocycles. The lowest BCUT2D eigenvalue weighted by molar-refractivity contribution is 0.120. The van der Waals surface area contributed by atoms with Crippen molar-refractivity contribution in [3.05, 3.63) is 0 Å². The van der Waals surface area contributed by atoms with Gasteiger partial charge in [0, 0.05) is 25.7 Å². The lowest BCUT2D eigenvalue weighted by Gasteiger charge is -2.27. The molecule has 0 radical (unpaired) electrons. The summed E-state index contributed by atoms with van der Waals surface area (Å²) in [5, 5.41) is 16.5.